The van der Waals surface area contributed by atoms with Crippen LogP contribution in [0.25, 0.3) is 90.9 Å². The van der Waals surface area contributed by atoms with E-state index in [-0.39, 0.29) is 0 Å². The second-order valence-electron chi connectivity index (χ2n) is 11.3. The number of rotatable bonds is 4. The average molecular weight is 627 g/mol. The van der Waals surface area contributed by atoms with E-state index in [0.29, 0.717) is 0 Å². The van der Waals surface area contributed by atoms with Gasteiger partial charge in [-0.15, -0.1) is 0 Å². The number of aromatic nitrogens is 4. The van der Waals surface area contributed by atoms with Crippen LogP contribution in [0.4, 0.5) is 0 Å². The SMILES string of the molecule is C1=Cc2nc1c(-c1ccccc1)c1ccc([nH]1)c(-c1ccsc1)c1nc(c(-c3ccsc3)c3ccc([nH]3)c2-c2ccccc2)C=C1. The molecule has 2 aliphatic heterocycles. The maximum absolute atomic E-state index is 5.34. The summed E-state index contributed by atoms with van der Waals surface area (Å²) >= 11 is 3.38. The molecular weight excluding hydrogens is 601 g/mol. The van der Waals surface area contributed by atoms with E-state index in [1.807, 2.05) is 0 Å². The zero-order valence-corrected chi connectivity index (χ0v) is 26.2. The second-order valence-corrected chi connectivity index (χ2v) is 12.8. The highest BCUT2D eigenvalue weighted by Gasteiger charge is 2.18. The number of nitrogens with one attached hydrogen (secondary N) is 2. The van der Waals surface area contributed by atoms with Crippen molar-refractivity contribution < 1.29 is 0 Å². The van der Waals surface area contributed by atoms with Crippen molar-refractivity contribution in [2.75, 3.05) is 0 Å². The summed E-state index contributed by atoms with van der Waals surface area (Å²) in [6, 6.07) is 34.0. The molecule has 4 nitrogen and oxygen atoms in total. The fraction of sp³-hybridized carbons (Fsp3) is 0. The lowest BCUT2D eigenvalue weighted by atomic mass is 10.0. The number of hydrogen-bond donors (Lipinski definition) is 2. The molecule has 9 rings (SSSR count). The summed E-state index contributed by atoms with van der Waals surface area (Å²) in [6.45, 7) is 0. The molecule has 0 unspecified atom stereocenters. The molecule has 0 aliphatic carbocycles. The van der Waals surface area contributed by atoms with Crippen molar-refractivity contribution in [3.63, 3.8) is 0 Å². The van der Waals surface area contributed by atoms with E-state index < -0.39 is 0 Å². The zero-order valence-electron chi connectivity index (χ0n) is 24.6. The molecule has 46 heavy (non-hydrogen) atoms. The quantitative estimate of drug-likeness (QED) is 0.204. The van der Waals surface area contributed by atoms with Crippen molar-refractivity contribution in [2.24, 2.45) is 0 Å². The predicted octanol–water partition coefficient (Wildman–Crippen LogP) is 11.4. The van der Waals surface area contributed by atoms with Crippen LogP contribution in [0.2, 0.25) is 0 Å². The minimum atomic E-state index is 0.915. The molecule has 7 aromatic rings. The maximum atomic E-state index is 5.34. The van der Waals surface area contributed by atoms with E-state index in [9.17, 15) is 0 Å². The zero-order chi connectivity index (χ0) is 30.5. The first-order chi connectivity index (χ1) is 22.8. The van der Waals surface area contributed by atoms with Gasteiger partial charge in [0.1, 0.15) is 0 Å². The summed E-state index contributed by atoms with van der Waals surface area (Å²) in [5.41, 5.74) is 16.5. The predicted molar refractivity (Wildman–Crippen MR) is 196 cm³/mol. The molecule has 0 atom stereocenters. The van der Waals surface area contributed by atoms with Gasteiger partial charge in [-0.25, -0.2) is 9.97 Å². The van der Waals surface area contributed by atoms with Gasteiger partial charge in [0.2, 0.25) is 0 Å². The van der Waals surface area contributed by atoms with E-state index >= 15 is 0 Å². The smallest absolute Gasteiger partial charge is 0.0737 e. The Bertz CT molecular complexity index is 2280. The van der Waals surface area contributed by atoms with E-state index in [1.165, 1.54) is 0 Å². The Morgan fingerprint density at radius 1 is 0.370 bits per heavy atom. The van der Waals surface area contributed by atoms with Gasteiger partial charge < -0.3 is 9.97 Å². The molecule has 2 aromatic carbocycles. The summed E-state index contributed by atoms with van der Waals surface area (Å²) in [7, 11) is 0. The monoisotopic (exact) mass is 626 g/mol. The fourth-order valence-corrected chi connectivity index (χ4v) is 7.74. The Morgan fingerprint density at radius 2 is 0.717 bits per heavy atom. The van der Waals surface area contributed by atoms with Crippen molar-refractivity contribution in [2.45, 2.75) is 0 Å². The lowest BCUT2D eigenvalue weighted by Crippen LogP contribution is -1.89. The Kier molecular flexibility index (Phi) is 6.47. The van der Waals surface area contributed by atoms with E-state index in [0.717, 1.165) is 89.4 Å². The standard InChI is InChI=1S/C40H26N4S2/c1-3-7-25(8-4-1)37-29-11-12-30(41-29)38(26-9-5-2-6-10-26)32-14-16-34(43-32)40(28-20-22-46-24-28)36-18-17-35(44-36)39(27-19-21-45-23-27)33-15-13-31(37)42-33/h1-24,42-43H. The first kappa shape index (κ1) is 26.8. The first-order valence-corrected chi connectivity index (χ1v) is 17.0. The van der Waals surface area contributed by atoms with Gasteiger partial charge in [-0.2, -0.15) is 22.7 Å². The normalized spacial score (nSPS) is 12.2. The molecule has 0 fully saturated rings. The molecule has 0 amide bonds. The number of H-pyrrole nitrogens is 2. The van der Waals surface area contributed by atoms with Crippen LogP contribution in [0, 0.1) is 0 Å². The molecule has 218 valence electrons. The largest absolute Gasteiger partial charge is 0.354 e. The third-order valence-electron chi connectivity index (χ3n) is 8.50. The highest BCUT2D eigenvalue weighted by atomic mass is 32.1. The van der Waals surface area contributed by atoms with Crippen molar-refractivity contribution in [1.82, 2.24) is 19.9 Å². The van der Waals surface area contributed by atoms with Crippen LogP contribution in [0.1, 0.15) is 22.8 Å². The number of thiophene rings is 2. The number of nitrogens with zero attached hydrogens (tertiary/aromatic N) is 2. The average Bonchev–Trinajstić information content (AvgIpc) is 3.93. The molecule has 2 N–H and O–H groups in total. The van der Waals surface area contributed by atoms with Crippen molar-refractivity contribution in [3.8, 4) is 44.5 Å². The molecule has 8 bridgehead atoms. The van der Waals surface area contributed by atoms with Crippen LogP contribution < -0.4 is 0 Å². The topological polar surface area (TPSA) is 57.4 Å². The Morgan fingerprint density at radius 3 is 1.04 bits per heavy atom. The van der Waals surface area contributed by atoms with Gasteiger partial charge >= 0.3 is 0 Å². The molecule has 0 saturated carbocycles. The number of aromatic amines is 2. The number of hydrogen-bond acceptors (Lipinski definition) is 4. The third-order valence-corrected chi connectivity index (χ3v) is 9.86. The van der Waals surface area contributed by atoms with Crippen LogP contribution in [-0.4, -0.2) is 19.9 Å². The molecule has 5 aromatic heterocycles. The Hall–Kier alpha value is -5.56. The van der Waals surface area contributed by atoms with Crippen LogP contribution in [-0.2, 0) is 0 Å². The number of fused-ring (bicyclic) bond motifs is 8. The lowest BCUT2D eigenvalue weighted by molar-refractivity contribution is 1.31. The van der Waals surface area contributed by atoms with Gasteiger partial charge in [0.25, 0.3) is 0 Å². The minimum absolute atomic E-state index is 0.915. The van der Waals surface area contributed by atoms with Crippen molar-refractivity contribution in [3.05, 3.63) is 141 Å². The second kappa shape index (κ2) is 11.1. The maximum Gasteiger partial charge on any atom is 0.0737 e. The Labute approximate surface area is 273 Å². The molecule has 0 radical (unpaired) electrons. The molecule has 2 aliphatic rings. The van der Waals surface area contributed by atoms with Crippen LogP contribution in [0.5, 0.6) is 0 Å². The molecule has 0 saturated heterocycles. The van der Waals surface area contributed by atoms with Crippen LogP contribution in [0.15, 0.2) is 119 Å². The summed E-state index contributed by atoms with van der Waals surface area (Å²) in [4.78, 5) is 18.2. The summed E-state index contributed by atoms with van der Waals surface area (Å²) in [5, 5.41) is 8.63. The van der Waals surface area contributed by atoms with E-state index in [1.54, 1.807) is 22.7 Å². The lowest BCUT2D eigenvalue weighted by Gasteiger charge is -2.06. The molecule has 0 spiro atoms. The van der Waals surface area contributed by atoms with E-state index in [4.69, 9.17) is 9.97 Å². The molecular formula is C40H26N4S2. The highest BCUT2D eigenvalue weighted by molar-refractivity contribution is 7.08. The van der Waals surface area contributed by atoms with Gasteiger partial charge in [0.05, 0.1) is 22.8 Å². The number of benzene rings is 2. The van der Waals surface area contributed by atoms with Gasteiger partial charge in [-0.3, -0.25) is 0 Å². The Balaban J connectivity index is 1.49. The minimum Gasteiger partial charge on any atom is -0.354 e. The molecule has 6 heteroatoms. The van der Waals surface area contributed by atoms with Gasteiger partial charge in [0, 0.05) is 44.3 Å². The summed E-state index contributed by atoms with van der Waals surface area (Å²) in [6.07, 6.45) is 8.57. The van der Waals surface area contributed by atoms with Gasteiger partial charge in [-0.1, -0.05) is 60.7 Å². The first-order valence-electron chi connectivity index (χ1n) is 15.1. The van der Waals surface area contributed by atoms with Crippen LogP contribution >= 0.6 is 22.7 Å². The highest BCUT2D eigenvalue weighted by Crippen LogP contribution is 2.38. The third kappa shape index (κ3) is 4.58. The van der Waals surface area contributed by atoms with Crippen molar-refractivity contribution >= 4 is 69.0 Å². The van der Waals surface area contributed by atoms with E-state index in [2.05, 4.69) is 153 Å². The summed E-state index contributed by atoms with van der Waals surface area (Å²) < 4.78 is 0. The van der Waals surface area contributed by atoms with Crippen molar-refractivity contribution in [1.29, 1.82) is 0 Å². The summed E-state index contributed by atoms with van der Waals surface area (Å²) in [5.74, 6) is 0. The molecule has 7 heterocycles. The fourth-order valence-electron chi connectivity index (χ4n) is 6.44. The van der Waals surface area contributed by atoms with Crippen LogP contribution in [0.3, 0.4) is 0 Å². The van der Waals surface area contributed by atoms with Gasteiger partial charge in [0.15, 0.2) is 0 Å². The van der Waals surface area contributed by atoms with Gasteiger partial charge in [-0.05, 0) is 104 Å².